The Balaban J connectivity index is 1.50. The van der Waals surface area contributed by atoms with Crippen LogP contribution in [0.4, 0.5) is 5.69 Å². The van der Waals surface area contributed by atoms with Crippen molar-refractivity contribution in [2.24, 2.45) is 0 Å². The molecule has 2 heterocycles. The second-order valence-electron chi connectivity index (χ2n) is 6.47. The second kappa shape index (κ2) is 6.63. The predicted octanol–water partition coefficient (Wildman–Crippen LogP) is 3.09. The van der Waals surface area contributed by atoms with E-state index in [4.69, 9.17) is 4.74 Å². The SMILES string of the molecule is C[C@H]1CCc2ccccc2N1C(=O)COC(=O)c1n[nH]c2ccccc12. The maximum Gasteiger partial charge on any atom is 0.359 e. The number of anilines is 1. The molecule has 0 bridgehead atoms. The quantitative estimate of drug-likeness (QED) is 0.737. The van der Waals surface area contributed by atoms with Gasteiger partial charge in [0.1, 0.15) is 0 Å². The number of hydrogen-bond acceptors (Lipinski definition) is 4. The molecule has 0 fully saturated rings. The number of aromatic nitrogens is 2. The lowest BCUT2D eigenvalue weighted by Crippen LogP contribution is -2.44. The molecule has 0 saturated heterocycles. The highest BCUT2D eigenvalue weighted by atomic mass is 16.5. The first-order valence-corrected chi connectivity index (χ1v) is 8.65. The van der Waals surface area contributed by atoms with Crippen molar-refractivity contribution in [3.05, 3.63) is 59.8 Å². The lowest BCUT2D eigenvalue weighted by Gasteiger charge is -2.35. The van der Waals surface area contributed by atoms with E-state index in [0.717, 1.165) is 29.6 Å². The van der Waals surface area contributed by atoms with Crippen molar-refractivity contribution in [3.63, 3.8) is 0 Å². The van der Waals surface area contributed by atoms with Crippen molar-refractivity contribution in [1.82, 2.24) is 10.2 Å². The van der Waals surface area contributed by atoms with Gasteiger partial charge in [-0.25, -0.2) is 4.79 Å². The molecule has 6 nitrogen and oxygen atoms in total. The molecule has 0 spiro atoms. The van der Waals surface area contributed by atoms with E-state index in [1.54, 1.807) is 11.0 Å². The number of nitrogens with one attached hydrogen (secondary N) is 1. The maximum absolute atomic E-state index is 12.7. The normalized spacial score (nSPS) is 16.3. The molecule has 6 heteroatoms. The molecular weight excluding hydrogens is 330 g/mol. The minimum Gasteiger partial charge on any atom is -0.451 e. The average Bonchev–Trinajstić information content (AvgIpc) is 3.10. The third-order valence-electron chi connectivity index (χ3n) is 4.78. The highest BCUT2D eigenvalue weighted by Crippen LogP contribution is 2.30. The van der Waals surface area contributed by atoms with E-state index in [1.165, 1.54) is 0 Å². The van der Waals surface area contributed by atoms with Crippen molar-refractivity contribution in [2.75, 3.05) is 11.5 Å². The van der Waals surface area contributed by atoms with Crippen LogP contribution in [-0.4, -0.2) is 34.7 Å². The molecule has 3 aromatic rings. The summed E-state index contributed by atoms with van der Waals surface area (Å²) in [7, 11) is 0. The van der Waals surface area contributed by atoms with E-state index in [2.05, 4.69) is 10.2 Å². The Morgan fingerprint density at radius 3 is 2.85 bits per heavy atom. The zero-order valence-electron chi connectivity index (χ0n) is 14.4. The number of rotatable bonds is 3. The molecule has 0 aliphatic carbocycles. The molecule has 0 saturated carbocycles. The van der Waals surface area contributed by atoms with Gasteiger partial charge in [0, 0.05) is 17.1 Å². The van der Waals surface area contributed by atoms with Gasteiger partial charge >= 0.3 is 5.97 Å². The van der Waals surface area contributed by atoms with Gasteiger partial charge in [-0.1, -0.05) is 36.4 Å². The van der Waals surface area contributed by atoms with Crippen LogP contribution in [0.1, 0.15) is 29.4 Å². The van der Waals surface area contributed by atoms with Crippen LogP contribution in [0.3, 0.4) is 0 Å². The summed E-state index contributed by atoms with van der Waals surface area (Å²) in [5.41, 5.74) is 2.99. The molecule has 1 aromatic heterocycles. The van der Waals surface area contributed by atoms with Crippen LogP contribution in [0.25, 0.3) is 10.9 Å². The first-order chi connectivity index (χ1) is 12.6. The molecule has 1 aliphatic rings. The summed E-state index contributed by atoms with van der Waals surface area (Å²) in [5, 5.41) is 7.49. The van der Waals surface area contributed by atoms with Gasteiger partial charge in [-0.2, -0.15) is 5.10 Å². The number of ether oxygens (including phenoxy) is 1. The number of carbonyl (C=O) groups excluding carboxylic acids is 2. The number of amides is 1. The smallest absolute Gasteiger partial charge is 0.359 e. The summed E-state index contributed by atoms with van der Waals surface area (Å²) in [4.78, 5) is 26.8. The summed E-state index contributed by atoms with van der Waals surface area (Å²) in [6, 6.07) is 15.2. The van der Waals surface area contributed by atoms with Gasteiger partial charge in [-0.15, -0.1) is 0 Å². The number of hydrogen-bond donors (Lipinski definition) is 1. The topological polar surface area (TPSA) is 75.3 Å². The molecule has 132 valence electrons. The lowest BCUT2D eigenvalue weighted by atomic mass is 9.96. The van der Waals surface area contributed by atoms with Crippen molar-refractivity contribution in [1.29, 1.82) is 0 Å². The molecule has 1 amide bonds. The fourth-order valence-electron chi connectivity index (χ4n) is 3.45. The fraction of sp³-hybridized carbons (Fsp3) is 0.250. The van der Waals surface area contributed by atoms with E-state index >= 15 is 0 Å². The van der Waals surface area contributed by atoms with Crippen molar-refractivity contribution in [3.8, 4) is 0 Å². The van der Waals surface area contributed by atoms with E-state index < -0.39 is 5.97 Å². The highest BCUT2D eigenvalue weighted by Gasteiger charge is 2.29. The van der Waals surface area contributed by atoms with Gasteiger partial charge in [0.2, 0.25) is 0 Å². The lowest BCUT2D eigenvalue weighted by molar-refractivity contribution is -0.122. The van der Waals surface area contributed by atoms with E-state index in [-0.39, 0.29) is 24.2 Å². The molecule has 0 radical (unpaired) electrons. The van der Waals surface area contributed by atoms with Gasteiger partial charge in [0.15, 0.2) is 12.3 Å². The zero-order valence-corrected chi connectivity index (χ0v) is 14.4. The first kappa shape index (κ1) is 16.3. The molecule has 1 atom stereocenters. The van der Waals surface area contributed by atoms with Crippen LogP contribution < -0.4 is 4.90 Å². The largest absolute Gasteiger partial charge is 0.451 e. The van der Waals surface area contributed by atoms with Crippen molar-refractivity contribution >= 4 is 28.5 Å². The fourth-order valence-corrected chi connectivity index (χ4v) is 3.45. The van der Waals surface area contributed by atoms with Crippen LogP contribution >= 0.6 is 0 Å². The number of carbonyl (C=O) groups is 2. The van der Waals surface area contributed by atoms with Crippen LogP contribution in [0.15, 0.2) is 48.5 Å². The van der Waals surface area contributed by atoms with Crippen LogP contribution in [-0.2, 0) is 16.0 Å². The van der Waals surface area contributed by atoms with E-state index in [9.17, 15) is 9.59 Å². The Kier molecular flexibility index (Phi) is 4.16. The number of esters is 1. The minimum atomic E-state index is -0.603. The Bertz CT molecular complexity index is 979. The molecule has 1 N–H and O–H groups in total. The third-order valence-corrected chi connectivity index (χ3v) is 4.78. The minimum absolute atomic E-state index is 0.0716. The Labute approximate surface area is 150 Å². The molecule has 1 aliphatic heterocycles. The van der Waals surface area contributed by atoms with Crippen LogP contribution in [0, 0.1) is 0 Å². The summed E-state index contributed by atoms with van der Waals surface area (Å²) >= 11 is 0. The van der Waals surface area contributed by atoms with E-state index in [1.807, 2.05) is 49.4 Å². The number of benzene rings is 2. The summed E-state index contributed by atoms with van der Waals surface area (Å²) in [5.74, 6) is -0.827. The van der Waals surface area contributed by atoms with Crippen LogP contribution in [0.5, 0.6) is 0 Å². The maximum atomic E-state index is 12.7. The molecule has 0 unspecified atom stereocenters. The average molecular weight is 349 g/mol. The van der Waals surface area contributed by atoms with E-state index in [0.29, 0.717) is 5.39 Å². The van der Waals surface area contributed by atoms with Gasteiger partial charge in [-0.05, 0) is 37.5 Å². The van der Waals surface area contributed by atoms with Crippen molar-refractivity contribution in [2.45, 2.75) is 25.8 Å². The Morgan fingerprint density at radius 1 is 1.19 bits per heavy atom. The Morgan fingerprint density at radius 2 is 1.96 bits per heavy atom. The zero-order chi connectivity index (χ0) is 18.1. The summed E-state index contributed by atoms with van der Waals surface area (Å²) in [6.45, 7) is 1.70. The Hall–Kier alpha value is -3.15. The monoisotopic (exact) mass is 349 g/mol. The first-order valence-electron chi connectivity index (χ1n) is 8.65. The third kappa shape index (κ3) is 2.83. The number of para-hydroxylation sites is 2. The van der Waals surface area contributed by atoms with Gasteiger partial charge in [0.25, 0.3) is 5.91 Å². The number of aryl methyl sites for hydroxylation is 1. The standard InChI is InChI=1S/C20H19N3O3/c1-13-10-11-14-6-2-5-9-17(14)23(13)18(24)12-26-20(25)19-15-7-3-4-8-16(15)21-22-19/h2-9,13H,10-12H2,1H3,(H,21,22)/t13-/m0/s1. The number of nitrogens with zero attached hydrogens (tertiary/aromatic N) is 2. The molecule has 4 rings (SSSR count). The van der Waals surface area contributed by atoms with Crippen molar-refractivity contribution < 1.29 is 14.3 Å². The van der Waals surface area contributed by atoms with Gasteiger partial charge in [-0.3, -0.25) is 9.89 Å². The predicted molar refractivity (Wildman–Crippen MR) is 98.1 cm³/mol. The second-order valence-corrected chi connectivity index (χ2v) is 6.47. The highest BCUT2D eigenvalue weighted by molar-refractivity contribution is 6.03. The molecule has 26 heavy (non-hydrogen) atoms. The van der Waals surface area contributed by atoms with Gasteiger partial charge in [0.05, 0.1) is 5.52 Å². The summed E-state index contributed by atoms with van der Waals surface area (Å²) in [6.07, 6.45) is 1.83. The summed E-state index contributed by atoms with van der Waals surface area (Å²) < 4.78 is 5.26. The molecule has 2 aromatic carbocycles. The van der Waals surface area contributed by atoms with Crippen LogP contribution in [0.2, 0.25) is 0 Å². The van der Waals surface area contributed by atoms with Gasteiger partial charge < -0.3 is 9.64 Å². The molecular formula is C20H19N3O3. The number of aromatic amines is 1. The number of H-pyrrole nitrogens is 1. The number of fused-ring (bicyclic) bond motifs is 2.